The molecule has 0 saturated carbocycles. The lowest BCUT2D eigenvalue weighted by molar-refractivity contribution is 0.581. The molecule has 0 unspecified atom stereocenters. The van der Waals surface area contributed by atoms with Crippen LogP contribution >= 0.6 is 22.6 Å². The van der Waals surface area contributed by atoms with Crippen molar-refractivity contribution in [3.63, 3.8) is 0 Å². The number of hydrogen-bond acceptors (Lipinski definition) is 2. The first-order chi connectivity index (χ1) is 5.24. The van der Waals surface area contributed by atoms with E-state index in [1.807, 2.05) is 28.7 Å². The van der Waals surface area contributed by atoms with Crippen LogP contribution in [0.25, 0.3) is 0 Å². The fourth-order valence-electron chi connectivity index (χ4n) is 0.651. The molecule has 1 heterocycles. The third-order valence-corrected chi connectivity index (χ3v) is 2.17. The molecule has 4 heteroatoms. The summed E-state index contributed by atoms with van der Waals surface area (Å²) in [5, 5.41) is 8.34. The molecular weight excluding hydrogens is 258 g/mol. The molecule has 0 aliphatic rings. The first-order valence-corrected chi connectivity index (χ1v) is 3.99. The first-order valence-electron chi connectivity index (χ1n) is 2.91. The molecule has 0 saturated heterocycles. The molecular formula is C7H4FIN2. The number of aromatic nitrogens is 1. The Labute approximate surface area is 77.2 Å². The lowest BCUT2D eigenvalue weighted by Gasteiger charge is -1.96. The molecule has 0 spiro atoms. The highest BCUT2D eigenvalue weighted by Crippen LogP contribution is 2.11. The van der Waals surface area contributed by atoms with Gasteiger partial charge in [0.2, 0.25) is 5.95 Å². The Morgan fingerprint density at radius 3 is 3.00 bits per heavy atom. The zero-order chi connectivity index (χ0) is 8.27. The predicted octanol–water partition coefficient (Wildman–Crippen LogP) is 1.89. The van der Waals surface area contributed by atoms with E-state index in [-0.39, 0.29) is 6.42 Å². The summed E-state index contributed by atoms with van der Waals surface area (Å²) >= 11 is 1.98. The zero-order valence-electron chi connectivity index (χ0n) is 5.51. The smallest absolute Gasteiger partial charge is 0.213 e. The monoisotopic (exact) mass is 262 g/mol. The first kappa shape index (κ1) is 8.40. The molecule has 56 valence electrons. The van der Waals surface area contributed by atoms with Crippen LogP contribution in [0.15, 0.2) is 12.3 Å². The van der Waals surface area contributed by atoms with Crippen LogP contribution in [0.1, 0.15) is 5.56 Å². The Balaban J connectivity index is 3.01. The zero-order valence-corrected chi connectivity index (χ0v) is 7.67. The molecule has 2 nitrogen and oxygen atoms in total. The van der Waals surface area contributed by atoms with Gasteiger partial charge in [0.25, 0.3) is 0 Å². The van der Waals surface area contributed by atoms with Gasteiger partial charge in [-0.15, -0.1) is 0 Å². The van der Waals surface area contributed by atoms with Crippen LogP contribution in [-0.4, -0.2) is 4.98 Å². The quantitative estimate of drug-likeness (QED) is 0.572. The van der Waals surface area contributed by atoms with Gasteiger partial charge < -0.3 is 0 Å². The van der Waals surface area contributed by atoms with Crippen LogP contribution < -0.4 is 0 Å². The summed E-state index contributed by atoms with van der Waals surface area (Å²) in [5.74, 6) is -0.504. The van der Waals surface area contributed by atoms with Gasteiger partial charge in [-0.2, -0.15) is 9.65 Å². The van der Waals surface area contributed by atoms with E-state index in [2.05, 4.69) is 4.98 Å². The van der Waals surface area contributed by atoms with Crippen molar-refractivity contribution in [2.45, 2.75) is 6.42 Å². The fraction of sp³-hybridized carbons (Fsp3) is 0.143. The highest BCUT2D eigenvalue weighted by Gasteiger charge is 2.00. The van der Waals surface area contributed by atoms with Crippen molar-refractivity contribution in [1.82, 2.24) is 4.98 Å². The van der Waals surface area contributed by atoms with Gasteiger partial charge in [0, 0.05) is 15.8 Å². The molecule has 0 atom stereocenters. The van der Waals surface area contributed by atoms with E-state index in [0.29, 0.717) is 0 Å². The summed E-state index contributed by atoms with van der Waals surface area (Å²) in [4.78, 5) is 3.44. The second-order valence-electron chi connectivity index (χ2n) is 1.93. The SMILES string of the molecule is N#CCc1cnc(F)cc1I. The number of hydrogen-bond donors (Lipinski definition) is 0. The van der Waals surface area contributed by atoms with Gasteiger partial charge in [0.05, 0.1) is 12.5 Å². The summed E-state index contributed by atoms with van der Waals surface area (Å²) in [5.41, 5.74) is 0.773. The number of rotatable bonds is 1. The second kappa shape index (κ2) is 3.62. The van der Waals surface area contributed by atoms with Crippen LogP contribution in [0, 0.1) is 20.8 Å². The average Bonchev–Trinajstić information content (AvgIpc) is 1.95. The van der Waals surface area contributed by atoms with Gasteiger partial charge in [0.15, 0.2) is 0 Å². The van der Waals surface area contributed by atoms with E-state index in [1.54, 1.807) is 0 Å². The Kier molecular flexibility index (Phi) is 2.76. The topological polar surface area (TPSA) is 36.7 Å². The van der Waals surface area contributed by atoms with E-state index in [0.717, 1.165) is 9.13 Å². The number of halogens is 2. The van der Waals surface area contributed by atoms with E-state index in [1.165, 1.54) is 12.3 Å². The fourth-order valence-corrected chi connectivity index (χ4v) is 1.24. The van der Waals surface area contributed by atoms with Gasteiger partial charge >= 0.3 is 0 Å². The maximum absolute atomic E-state index is 12.4. The molecule has 0 bridgehead atoms. The normalized spacial score (nSPS) is 9.18. The highest BCUT2D eigenvalue weighted by molar-refractivity contribution is 14.1. The van der Waals surface area contributed by atoms with E-state index >= 15 is 0 Å². The third-order valence-electron chi connectivity index (χ3n) is 1.17. The lowest BCUT2D eigenvalue weighted by atomic mass is 10.2. The molecule has 0 N–H and O–H groups in total. The average molecular weight is 262 g/mol. The van der Waals surface area contributed by atoms with Crippen molar-refractivity contribution >= 4 is 22.6 Å². The minimum atomic E-state index is -0.504. The summed E-state index contributed by atoms with van der Waals surface area (Å²) in [6, 6.07) is 3.29. The molecule has 0 radical (unpaired) electrons. The van der Waals surface area contributed by atoms with E-state index < -0.39 is 5.95 Å². The minimum Gasteiger partial charge on any atom is -0.228 e. The molecule has 0 aliphatic heterocycles. The standard InChI is InChI=1S/C7H4FIN2/c8-7-3-6(9)5(1-2-10)4-11-7/h3-4H,1H2. The maximum Gasteiger partial charge on any atom is 0.213 e. The van der Waals surface area contributed by atoms with Crippen LogP contribution in [0.3, 0.4) is 0 Å². The highest BCUT2D eigenvalue weighted by atomic mass is 127. The molecule has 0 aliphatic carbocycles. The van der Waals surface area contributed by atoms with Crippen molar-refractivity contribution in [2.24, 2.45) is 0 Å². The van der Waals surface area contributed by atoms with Crippen LogP contribution in [-0.2, 0) is 6.42 Å². The number of nitrogens with zero attached hydrogens (tertiary/aromatic N) is 2. The van der Waals surface area contributed by atoms with E-state index in [4.69, 9.17) is 5.26 Å². The Bertz CT molecular complexity index is 306. The number of pyridine rings is 1. The maximum atomic E-state index is 12.4. The summed E-state index contributed by atoms with van der Waals surface area (Å²) in [6.07, 6.45) is 1.67. The van der Waals surface area contributed by atoms with Gasteiger partial charge in [-0.05, 0) is 28.2 Å². The molecule has 0 aromatic carbocycles. The molecule has 1 aromatic heterocycles. The molecule has 1 rings (SSSR count). The third kappa shape index (κ3) is 2.12. The summed E-state index contributed by atoms with van der Waals surface area (Å²) in [6.45, 7) is 0. The second-order valence-corrected chi connectivity index (χ2v) is 3.10. The van der Waals surface area contributed by atoms with Crippen LogP contribution in [0.5, 0.6) is 0 Å². The van der Waals surface area contributed by atoms with Gasteiger partial charge in [-0.25, -0.2) is 4.98 Å². The van der Waals surface area contributed by atoms with Crippen LogP contribution in [0.2, 0.25) is 0 Å². The number of nitriles is 1. The van der Waals surface area contributed by atoms with Crippen molar-refractivity contribution < 1.29 is 4.39 Å². The molecule has 0 amide bonds. The van der Waals surface area contributed by atoms with Crippen molar-refractivity contribution in [1.29, 1.82) is 5.26 Å². The largest absolute Gasteiger partial charge is 0.228 e. The minimum absolute atomic E-state index is 0.283. The van der Waals surface area contributed by atoms with Crippen molar-refractivity contribution in [3.05, 3.63) is 27.3 Å². The summed E-state index contributed by atoms with van der Waals surface area (Å²) < 4.78 is 13.1. The summed E-state index contributed by atoms with van der Waals surface area (Å²) in [7, 11) is 0. The lowest BCUT2D eigenvalue weighted by Crippen LogP contribution is -1.91. The van der Waals surface area contributed by atoms with Crippen molar-refractivity contribution in [3.8, 4) is 6.07 Å². The van der Waals surface area contributed by atoms with Gasteiger partial charge in [-0.3, -0.25) is 0 Å². The van der Waals surface area contributed by atoms with Gasteiger partial charge in [-0.1, -0.05) is 0 Å². The van der Waals surface area contributed by atoms with Gasteiger partial charge in [0.1, 0.15) is 0 Å². The van der Waals surface area contributed by atoms with Crippen LogP contribution in [0.4, 0.5) is 4.39 Å². The molecule has 0 fully saturated rings. The Hall–Kier alpha value is -0.700. The Morgan fingerprint density at radius 2 is 2.45 bits per heavy atom. The molecule has 1 aromatic rings. The Morgan fingerprint density at radius 1 is 1.73 bits per heavy atom. The molecule has 11 heavy (non-hydrogen) atoms. The van der Waals surface area contributed by atoms with Crippen molar-refractivity contribution in [2.75, 3.05) is 0 Å². The van der Waals surface area contributed by atoms with E-state index in [9.17, 15) is 4.39 Å². The predicted molar refractivity (Wildman–Crippen MR) is 46.2 cm³/mol.